The van der Waals surface area contributed by atoms with E-state index in [0.29, 0.717) is 10.5 Å². The van der Waals surface area contributed by atoms with Crippen molar-refractivity contribution in [3.05, 3.63) is 63.9 Å². The Kier molecular flexibility index (Phi) is 6.27. The first-order chi connectivity index (χ1) is 10.1. The van der Waals surface area contributed by atoms with E-state index in [9.17, 15) is 4.39 Å². The number of hydrogen-bond acceptors (Lipinski definition) is 2. The fourth-order valence-electron chi connectivity index (χ4n) is 2.09. The average molecular weight is 368 g/mol. The molecule has 1 unspecified atom stereocenters. The molecule has 0 aliphatic heterocycles. The minimum Gasteiger partial charge on any atom is -0.310 e. The molecule has 2 aromatic rings. The quantitative estimate of drug-likeness (QED) is 0.671. The first-order valence-electron chi connectivity index (χ1n) is 7.00. The minimum absolute atomic E-state index is 0.217. The molecule has 0 aliphatic rings. The van der Waals surface area contributed by atoms with Crippen molar-refractivity contribution in [2.24, 2.45) is 0 Å². The molecule has 0 radical (unpaired) electrons. The van der Waals surface area contributed by atoms with Crippen molar-refractivity contribution in [1.29, 1.82) is 0 Å². The Morgan fingerprint density at radius 2 is 2.05 bits per heavy atom. The highest BCUT2D eigenvalue weighted by Crippen LogP contribution is 2.27. The lowest BCUT2D eigenvalue weighted by molar-refractivity contribution is 0.597. The topological polar surface area (TPSA) is 12.0 Å². The molecule has 0 amide bonds. The van der Waals surface area contributed by atoms with Crippen LogP contribution < -0.4 is 5.32 Å². The van der Waals surface area contributed by atoms with Crippen molar-refractivity contribution in [2.45, 2.75) is 30.5 Å². The van der Waals surface area contributed by atoms with Crippen LogP contribution in [-0.2, 0) is 5.75 Å². The molecule has 112 valence electrons. The van der Waals surface area contributed by atoms with E-state index in [2.05, 4.69) is 59.4 Å². The Labute approximate surface area is 138 Å². The summed E-state index contributed by atoms with van der Waals surface area (Å²) in [5.41, 5.74) is 2.40. The number of halogens is 2. The summed E-state index contributed by atoms with van der Waals surface area (Å²) in [6.07, 6.45) is 0. The molecule has 0 saturated heterocycles. The number of hydrogen-bond donors (Lipinski definition) is 1. The number of benzene rings is 2. The number of rotatable bonds is 6. The van der Waals surface area contributed by atoms with E-state index in [-0.39, 0.29) is 5.82 Å². The predicted molar refractivity (Wildman–Crippen MR) is 92.2 cm³/mol. The maximum Gasteiger partial charge on any atom is 0.137 e. The number of nitrogens with one attached hydrogen (secondary N) is 1. The van der Waals surface area contributed by atoms with Gasteiger partial charge in [-0.25, -0.2) is 4.39 Å². The summed E-state index contributed by atoms with van der Waals surface area (Å²) >= 11 is 4.99. The third-order valence-electron chi connectivity index (χ3n) is 3.26. The van der Waals surface area contributed by atoms with E-state index in [1.54, 1.807) is 11.8 Å². The summed E-state index contributed by atoms with van der Waals surface area (Å²) in [5.74, 6) is 0.614. The Balaban J connectivity index is 2.02. The Bertz CT molecular complexity index is 603. The van der Waals surface area contributed by atoms with Crippen LogP contribution in [0.3, 0.4) is 0 Å². The number of thioether (sulfide) groups is 1. The van der Waals surface area contributed by atoms with Gasteiger partial charge < -0.3 is 5.32 Å². The summed E-state index contributed by atoms with van der Waals surface area (Å²) in [6.45, 7) is 5.24. The average Bonchev–Trinajstić information content (AvgIpc) is 2.49. The Morgan fingerprint density at radius 1 is 1.24 bits per heavy atom. The smallest absolute Gasteiger partial charge is 0.137 e. The van der Waals surface area contributed by atoms with Gasteiger partial charge in [-0.05, 0) is 64.8 Å². The van der Waals surface area contributed by atoms with Gasteiger partial charge in [0.05, 0.1) is 4.47 Å². The van der Waals surface area contributed by atoms with Crippen LogP contribution in [0, 0.1) is 5.82 Å². The molecule has 2 aromatic carbocycles. The fourth-order valence-corrected chi connectivity index (χ4v) is 3.43. The van der Waals surface area contributed by atoms with Gasteiger partial charge in [0.1, 0.15) is 5.82 Å². The van der Waals surface area contributed by atoms with Crippen LogP contribution in [0.25, 0.3) is 0 Å². The molecule has 0 aromatic heterocycles. The molecule has 4 heteroatoms. The fraction of sp³-hybridized carbons (Fsp3) is 0.294. The van der Waals surface area contributed by atoms with Gasteiger partial charge in [-0.3, -0.25) is 0 Å². The van der Waals surface area contributed by atoms with Crippen molar-refractivity contribution in [1.82, 2.24) is 5.32 Å². The zero-order valence-corrected chi connectivity index (χ0v) is 14.6. The van der Waals surface area contributed by atoms with Gasteiger partial charge in [0.2, 0.25) is 0 Å². The van der Waals surface area contributed by atoms with Crippen LogP contribution in [0.15, 0.2) is 51.8 Å². The second kappa shape index (κ2) is 7.97. The van der Waals surface area contributed by atoms with Crippen LogP contribution in [0.1, 0.15) is 31.0 Å². The molecule has 0 heterocycles. The lowest BCUT2D eigenvalue weighted by atomic mass is 10.1. The molecular weight excluding hydrogens is 349 g/mol. The van der Waals surface area contributed by atoms with E-state index in [1.165, 1.54) is 16.5 Å². The molecule has 0 fully saturated rings. The SMILES string of the molecule is CCNC(C)c1cccc(SCc2ccc(F)c(Br)c2)c1. The van der Waals surface area contributed by atoms with Crippen LogP contribution in [-0.4, -0.2) is 6.54 Å². The molecule has 1 atom stereocenters. The van der Waals surface area contributed by atoms with Gasteiger partial charge in [-0.15, -0.1) is 11.8 Å². The van der Waals surface area contributed by atoms with E-state index in [0.717, 1.165) is 17.9 Å². The second-order valence-corrected chi connectivity index (χ2v) is 6.79. The summed E-state index contributed by atoms with van der Waals surface area (Å²) in [6, 6.07) is 14.1. The molecule has 0 bridgehead atoms. The maximum absolute atomic E-state index is 13.2. The van der Waals surface area contributed by atoms with Gasteiger partial charge in [-0.1, -0.05) is 25.1 Å². The third-order valence-corrected chi connectivity index (χ3v) is 4.93. The van der Waals surface area contributed by atoms with E-state index in [1.807, 2.05) is 12.1 Å². The first-order valence-corrected chi connectivity index (χ1v) is 8.78. The molecule has 0 spiro atoms. The van der Waals surface area contributed by atoms with Gasteiger partial charge in [0, 0.05) is 16.7 Å². The normalized spacial score (nSPS) is 12.4. The van der Waals surface area contributed by atoms with Crippen molar-refractivity contribution >= 4 is 27.7 Å². The Hall–Kier alpha value is -0.840. The molecule has 0 aliphatic carbocycles. The summed E-state index contributed by atoms with van der Waals surface area (Å²) in [4.78, 5) is 1.23. The van der Waals surface area contributed by atoms with E-state index < -0.39 is 0 Å². The van der Waals surface area contributed by atoms with E-state index in [4.69, 9.17) is 0 Å². The highest BCUT2D eigenvalue weighted by atomic mass is 79.9. The van der Waals surface area contributed by atoms with Gasteiger partial charge >= 0.3 is 0 Å². The standard InChI is InChI=1S/C17H19BrFNS/c1-3-20-12(2)14-5-4-6-15(10-14)21-11-13-7-8-17(19)16(18)9-13/h4-10,12,20H,3,11H2,1-2H3. The summed E-state index contributed by atoms with van der Waals surface area (Å²) < 4.78 is 13.7. The van der Waals surface area contributed by atoms with Crippen LogP contribution in [0.5, 0.6) is 0 Å². The van der Waals surface area contributed by atoms with Crippen molar-refractivity contribution in [3.63, 3.8) is 0 Å². The third kappa shape index (κ3) is 4.83. The van der Waals surface area contributed by atoms with E-state index >= 15 is 0 Å². The second-order valence-electron chi connectivity index (χ2n) is 4.89. The molecule has 1 nitrogen and oxygen atoms in total. The molecule has 21 heavy (non-hydrogen) atoms. The van der Waals surface area contributed by atoms with Crippen molar-refractivity contribution < 1.29 is 4.39 Å². The maximum atomic E-state index is 13.2. The molecule has 1 N–H and O–H groups in total. The van der Waals surface area contributed by atoms with Crippen molar-refractivity contribution in [3.8, 4) is 0 Å². The van der Waals surface area contributed by atoms with Crippen LogP contribution in [0.2, 0.25) is 0 Å². The summed E-state index contributed by atoms with van der Waals surface area (Å²) in [5, 5.41) is 3.42. The van der Waals surface area contributed by atoms with Crippen LogP contribution in [0.4, 0.5) is 4.39 Å². The molecule has 2 rings (SSSR count). The monoisotopic (exact) mass is 367 g/mol. The highest BCUT2D eigenvalue weighted by molar-refractivity contribution is 9.10. The first kappa shape index (κ1) is 16.5. The largest absolute Gasteiger partial charge is 0.310 e. The minimum atomic E-state index is -0.217. The van der Waals surface area contributed by atoms with Crippen molar-refractivity contribution in [2.75, 3.05) is 6.54 Å². The zero-order valence-electron chi connectivity index (χ0n) is 12.2. The zero-order chi connectivity index (χ0) is 15.2. The van der Waals surface area contributed by atoms with Crippen LogP contribution >= 0.6 is 27.7 Å². The predicted octanol–water partition coefficient (Wildman–Crippen LogP) is 5.55. The molecule has 0 saturated carbocycles. The van der Waals surface area contributed by atoms with Gasteiger partial charge in [-0.2, -0.15) is 0 Å². The molecular formula is C17H19BrFNS. The Morgan fingerprint density at radius 3 is 2.76 bits per heavy atom. The lowest BCUT2D eigenvalue weighted by Crippen LogP contribution is -2.17. The van der Waals surface area contributed by atoms with Gasteiger partial charge in [0.15, 0.2) is 0 Å². The summed E-state index contributed by atoms with van der Waals surface area (Å²) in [7, 11) is 0. The van der Waals surface area contributed by atoms with Gasteiger partial charge in [0.25, 0.3) is 0 Å². The highest BCUT2D eigenvalue weighted by Gasteiger charge is 2.05. The lowest BCUT2D eigenvalue weighted by Gasteiger charge is -2.13.